The number of ketones is 1. The summed E-state index contributed by atoms with van der Waals surface area (Å²) < 4.78 is 5.34. The molecule has 0 fully saturated rings. The number of para-hydroxylation sites is 1. The molecule has 9 heteroatoms. The molecule has 3 atom stereocenters. The summed E-state index contributed by atoms with van der Waals surface area (Å²) in [6.07, 6.45) is 0.219. The van der Waals surface area contributed by atoms with Crippen LogP contribution in [0.4, 0.5) is 11.4 Å². The van der Waals surface area contributed by atoms with E-state index in [1.165, 1.54) is 23.5 Å². The second-order valence-corrected chi connectivity index (χ2v) is 9.93. The fourth-order valence-corrected chi connectivity index (χ4v) is 6.18. The number of benzene rings is 2. The second-order valence-electron chi connectivity index (χ2n) is 8.95. The molecule has 0 radical (unpaired) electrons. The van der Waals surface area contributed by atoms with E-state index in [0.29, 0.717) is 22.5 Å². The normalized spacial score (nSPS) is 21.5. The van der Waals surface area contributed by atoms with E-state index in [4.69, 9.17) is 4.74 Å². The molecule has 0 N–H and O–H groups in total. The lowest BCUT2D eigenvalue weighted by Gasteiger charge is -2.42. The maximum absolute atomic E-state index is 14.2. The number of hydrogen-bond donors (Lipinski definition) is 0. The van der Waals surface area contributed by atoms with E-state index in [1.807, 2.05) is 35.7 Å². The molecular formula is C28H24N2O6S. The van der Waals surface area contributed by atoms with Gasteiger partial charge in [-0.05, 0) is 42.5 Å². The number of nitro groups is 1. The number of anilines is 1. The van der Waals surface area contributed by atoms with Crippen molar-refractivity contribution >= 4 is 40.4 Å². The molecule has 0 bridgehead atoms. The maximum Gasteiger partial charge on any atom is 0.317 e. The van der Waals surface area contributed by atoms with Gasteiger partial charge in [0.1, 0.15) is 5.92 Å². The van der Waals surface area contributed by atoms with Crippen molar-refractivity contribution in [3.05, 3.63) is 104 Å². The molecule has 2 aromatic carbocycles. The van der Waals surface area contributed by atoms with E-state index >= 15 is 0 Å². The van der Waals surface area contributed by atoms with E-state index < -0.39 is 34.4 Å². The van der Waals surface area contributed by atoms with E-state index in [2.05, 4.69) is 0 Å². The Kier molecular flexibility index (Phi) is 6.71. The number of carbonyl (C=O) groups is 3. The number of amides is 1. The number of Topliss-reactive ketones (excluding diaryl/α,β-unsaturated/α-hetero) is 1. The lowest BCUT2D eigenvalue weighted by molar-refractivity contribution is -0.384. The Balaban J connectivity index is 1.72. The van der Waals surface area contributed by atoms with Crippen molar-refractivity contribution < 1.29 is 24.0 Å². The van der Waals surface area contributed by atoms with Gasteiger partial charge in [-0.2, -0.15) is 0 Å². The van der Waals surface area contributed by atoms with E-state index in [-0.39, 0.29) is 31.0 Å². The van der Waals surface area contributed by atoms with Crippen LogP contribution in [0.15, 0.2) is 83.4 Å². The summed E-state index contributed by atoms with van der Waals surface area (Å²) in [6.45, 7) is 1.83. The Hall–Kier alpha value is -4.11. The van der Waals surface area contributed by atoms with Gasteiger partial charge in [0.25, 0.3) is 5.69 Å². The van der Waals surface area contributed by atoms with Gasteiger partial charge in [0.2, 0.25) is 5.91 Å². The summed E-state index contributed by atoms with van der Waals surface area (Å²) in [6, 6.07) is 18.8. The van der Waals surface area contributed by atoms with Crippen LogP contribution in [0.2, 0.25) is 0 Å². The van der Waals surface area contributed by atoms with Crippen LogP contribution in [0, 0.1) is 16.0 Å². The van der Waals surface area contributed by atoms with Crippen LogP contribution in [0.25, 0.3) is 0 Å². The number of thiophene rings is 1. The minimum absolute atomic E-state index is 0.0557. The molecule has 0 spiro atoms. The van der Waals surface area contributed by atoms with Crippen LogP contribution in [-0.2, 0) is 19.1 Å². The lowest BCUT2D eigenvalue weighted by Crippen LogP contribution is -2.46. The molecular weight excluding hydrogens is 492 g/mol. The minimum atomic E-state index is -1.07. The van der Waals surface area contributed by atoms with E-state index in [0.717, 1.165) is 4.88 Å². The molecule has 1 aromatic heterocycles. The van der Waals surface area contributed by atoms with Crippen molar-refractivity contribution in [3.8, 4) is 0 Å². The Morgan fingerprint density at radius 1 is 1.08 bits per heavy atom. The largest absolute Gasteiger partial charge is 0.465 e. The summed E-state index contributed by atoms with van der Waals surface area (Å²) in [7, 11) is 0. The highest BCUT2D eigenvalue weighted by atomic mass is 32.1. The van der Waals surface area contributed by atoms with Crippen molar-refractivity contribution in [2.45, 2.75) is 31.6 Å². The molecule has 8 nitrogen and oxygen atoms in total. The standard InChI is InChI=1S/C28H24N2O6S/c1-2-36-28(33)26-21(23-12-7-13-37-23)15-22-25(27(26)32)20(17-8-6-11-19(14-17)30(34)35)16-24(31)29(22)18-9-4-3-5-10-18/h3-14,20-21,26H,2,15-16H2,1H3/t20-,21+,26+/m0/s1. The first-order valence-corrected chi connectivity index (χ1v) is 12.9. The summed E-state index contributed by atoms with van der Waals surface area (Å²) in [5, 5.41) is 13.4. The molecule has 1 aliphatic heterocycles. The van der Waals surface area contributed by atoms with Gasteiger partial charge in [-0.25, -0.2) is 0 Å². The Bertz CT molecular complexity index is 1400. The Morgan fingerprint density at radius 2 is 1.86 bits per heavy atom. The van der Waals surface area contributed by atoms with Gasteiger partial charge in [0.15, 0.2) is 5.78 Å². The average molecular weight is 517 g/mol. The van der Waals surface area contributed by atoms with Gasteiger partial charge in [0.05, 0.1) is 11.5 Å². The van der Waals surface area contributed by atoms with E-state index in [1.54, 1.807) is 36.1 Å². The van der Waals surface area contributed by atoms with Crippen molar-refractivity contribution in [2.75, 3.05) is 11.5 Å². The Labute approximate surface area is 217 Å². The number of rotatable bonds is 6. The van der Waals surface area contributed by atoms with Crippen molar-refractivity contribution in [3.63, 3.8) is 0 Å². The van der Waals surface area contributed by atoms with Gasteiger partial charge in [-0.15, -0.1) is 11.3 Å². The highest BCUT2D eigenvalue weighted by molar-refractivity contribution is 7.10. The zero-order valence-electron chi connectivity index (χ0n) is 20.0. The number of allylic oxidation sites excluding steroid dienone is 2. The van der Waals surface area contributed by atoms with Crippen LogP contribution in [0.5, 0.6) is 0 Å². The number of hydrogen-bond acceptors (Lipinski definition) is 7. The number of carbonyl (C=O) groups excluding carboxylic acids is 3. The molecule has 1 amide bonds. The monoisotopic (exact) mass is 516 g/mol. The summed E-state index contributed by atoms with van der Waals surface area (Å²) in [4.78, 5) is 54.4. The minimum Gasteiger partial charge on any atom is -0.465 e. The average Bonchev–Trinajstić information content (AvgIpc) is 3.43. The van der Waals surface area contributed by atoms with Crippen LogP contribution in [-0.4, -0.2) is 29.2 Å². The number of nitro benzene ring substituents is 1. The third kappa shape index (κ3) is 4.46. The fraction of sp³-hybridized carbons (Fsp3) is 0.250. The number of nitrogens with zero attached hydrogens (tertiary/aromatic N) is 2. The molecule has 0 saturated carbocycles. The number of non-ortho nitro benzene ring substituents is 1. The predicted molar refractivity (Wildman–Crippen MR) is 138 cm³/mol. The molecule has 0 saturated heterocycles. The van der Waals surface area contributed by atoms with Gasteiger partial charge in [-0.3, -0.25) is 29.4 Å². The molecule has 5 rings (SSSR count). The first-order chi connectivity index (χ1) is 17.9. The molecule has 0 unspecified atom stereocenters. The number of esters is 1. The fourth-order valence-electron chi connectivity index (χ4n) is 5.32. The highest BCUT2D eigenvalue weighted by Gasteiger charge is 2.50. The molecule has 3 aromatic rings. The zero-order valence-corrected chi connectivity index (χ0v) is 20.9. The molecule has 188 valence electrons. The third-order valence-electron chi connectivity index (χ3n) is 6.87. The lowest BCUT2D eigenvalue weighted by atomic mass is 9.69. The SMILES string of the molecule is CCOC(=O)[C@H]1C(=O)C2=C(C[C@@H]1c1cccs1)N(c1ccccc1)C(=O)C[C@H]2c1cccc([N+](=O)[O-])c1. The van der Waals surface area contributed by atoms with Crippen LogP contribution in [0.1, 0.15) is 42.0 Å². The smallest absolute Gasteiger partial charge is 0.317 e. The number of ether oxygens (including phenoxy) is 1. The van der Waals surface area contributed by atoms with Crippen molar-refractivity contribution in [1.82, 2.24) is 0 Å². The molecule has 37 heavy (non-hydrogen) atoms. The second kappa shape index (κ2) is 10.1. The van der Waals surface area contributed by atoms with Crippen molar-refractivity contribution in [1.29, 1.82) is 0 Å². The molecule has 1 aliphatic carbocycles. The van der Waals surface area contributed by atoms with Gasteiger partial charge in [0, 0.05) is 52.2 Å². The summed E-state index contributed by atoms with van der Waals surface area (Å²) in [5.41, 5.74) is 1.87. The quantitative estimate of drug-likeness (QED) is 0.189. The predicted octanol–water partition coefficient (Wildman–Crippen LogP) is 5.37. The topological polar surface area (TPSA) is 107 Å². The summed E-state index contributed by atoms with van der Waals surface area (Å²) >= 11 is 1.45. The van der Waals surface area contributed by atoms with Gasteiger partial charge >= 0.3 is 5.97 Å². The first-order valence-electron chi connectivity index (χ1n) is 12.0. The van der Waals surface area contributed by atoms with Crippen LogP contribution < -0.4 is 4.90 Å². The van der Waals surface area contributed by atoms with Gasteiger partial charge < -0.3 is 4.74 Å². The van der Waals surface area contributed by atoms with Crippen LogP contribution in [0.3, 0.4) is 0 Å². The maximum atomic E-state index is 14.2. The Morgan fingerprint density at radius 3 is 2.54 bits per heavy atom. The van der Waals surface area contributed by atoms with Gasteiger partial charge in [-0.1, -0.05) is 36.4 Å². The zero-order chi connectivity index (χ0) is 26.1. The van der Waals surface area contributed by atoms with E-state index in [9.17, 15) is 24.5 Å². The van der Waals surface area contributed by atoms with Crippen molar-refractivity contribution in [2.24, 2.45) is 5.92 Å². The molecule has 2 heterocycles. The highest BCUT2D eigenvalue weighted by Crippen LogP contribution is 2.50. The summed E-state index contributed by atoms with van der Waals surface area (Å²) in [5.74, 6) is -3.48. The van der Waals surface area contributed by atoms with Crippen LogP contribution >= 0.6 is 11.3 Å². The third-order valence-corrected chi connectivity index (χ3v) is 7.87. The molecule has 2 aliphatic rings. The first kappa shape index (κ1) is 24.6.